The second-order valence-electron chi connectivity index (χ2n) is 7.50. The smallest absolute Gasteiger partial charge is 0.354 e. The van der Waals surface area contributed by atoms with Crippen molar-refractivity contribution in [2.75, 3.05) is 13.9 Å². The second-order valence-corrected chi connectivity index (χ2v) is 7.50. The topological polar surface area (TPSA) is 83.7 Å². The number of halogens is 1. The summed E-state index contributed by atoms with van der Waals surface area (Å²) < 4.78 is 32.3. The van der Waals surface area contributed by atoms with Gasteiger partial charge in [0, 0.05) is 18.4 Å². The summed E-state index contributed by atoms with van der Waals surface area (Å²) in [5.41, 5.74) is 3.22. The van der Waals surface area contributed by atoms with Crippen molar-refractivity contribution in [1.82, 2.24) is 14.5 Å². The number of ether oxygens (including phenoxy) is 3. The summed E-state index contributed by atoms with van der Waals surface area (Å²) in [6.07, 6.45) is 1.81. The summed E-state index contributed by atoms with van der Waals surface area (Å²) in [4.78, 5) is 25.2. The quantitative estimate of drug-likeness (QED) is 0.456. The van der Waals surface area contributed by atoms with Gasteiger partial charge in [-0.05, 0) is 54.1 Å². The number of hydrogen-bond donors (Lipinski definition) is 1. The largest absolute Gasteiger partial charge is 0.464 e. The van der Waals surface area contributed by atoms with Crippen molar-refractivity contribution in [3.8, 4) is 17.2 Å². The van der Waals surface area contributed by atoms with Crippen LogP contribution in [0, 0.1) is 5.82 Å². The molecule has 0 spiro atoms. The maximum absolute atomic E-state index is 13.3. The third kappa shape index (κ3) is 3.89. The number of nitrogens with zero attached hydrogens (tertiary/aromatic N) is 2. The van der Waals surface area contributed by atoms with Crippen LogP contribution in [0.3, 0.4) is 0 Å². The first-order chi connectivity index (χ1) is 16.0. The van der Waals surface area contributed by atoms with E-state index in [9.17, 15) is 14.0 Å². The highest BCUT2D eigenvalue weighted by atomic mass is 19.1. The number of hydrogen-bond acceptors (Lipinski definition) is 5. The van der Waals surface area contributed by atoms with E-state index in [1.54, 1.807) is 41.1 Å². The van der Waals surface area contributed by atoms with Gasteiger partial charge in [0.05, 0.1) is 18.1 Å². The van der Waals surface area contributed by atoms with Gasteiger partial charge in [-0.25, -0.2) is 9.18 Å². The molecule has 33 heavy (non-hydrogen) atoms. The van der Waals surface area contributed by atoms with Crippen LogP contribution in [0.15, 0.2) is 60.8 Å². The monoisotopic (exact) mass is 449 g/mol. The molecule has 4 aromatic rings. The van der Waals surface area contributed by atoms with Crippen molar-refractivity contribution < 1.29 is 28.2 Å². The van der Waals surface area contributed by atoms with E-state index in [2.05, 4.69) is 5.32 Å². The molecule has 0 aliphatic carbocycles. The van der Waals surface area contributed by atoms with Gasteiger partial charge in [-0.15, -0.1) is 0 Å². The number of aromatic nitrogens is 2. The van der Waals surface area contributed by atoms with Crippen LogP contribution in [0.2, 0.25) is 0 Å². The minimum atomic E-state index is -0.555. The summed E-state index contributed by atoms with van der Waals surface area (Å²) in [7, 11) is 1.29. The van der Waals surface area contributed by atoms with E-state index >= 15 is 0 Å². The molecule has 0 radical (unpaired) electrons. The number of esters is 1. The number of carbonyl (C=O) groups is 2. The fourth-order valence-corrected chi connectivity index (χ4v) is 3.87. The average Bonchev–Trinajstić information content (AvgIpc) is 3.54. The van der Waals surface area contributed by atoms with E-state index in [1.807, 2.05) is 16.7 Å². The standard InChI is InChI=1S/C24H20FN3O5/c1-31-24(30)20-11-19-18(8-9-27(19)17-5-3-16(25)4-6-17)28(20)13-23(29)26-12-15-2-7-21-22(10-15)33-14-32-21/h2-11H,12-14H2,1H3,(H,26,29). The first kappa shape index (κ1) is 20.6. The fourth-order valence-electron chi connectivity index (χ4n) is 3.87. The normalized spacial score (nSPS) is 12.2. The van der Waals surface area contributed by atoms with E-state index < -0.39 is 5.97 Å². The molecule has 0 bridgehead atoms. The van der Waals surface area contributed by atoms with Crippen LogP contribution in [-0.4, -0.2) is 34.9 Å². The van der Waals surface area contributed by atoms with Crippen LogP contribution in [-0.2, 0) is 22.6 Å². The molecule has 0 fully saturated rings. The maximum atomic E-state index is 13.3. The van der Waals surface area contributed by atoms with Gasteiger partial charge in [0.2, 0.25) is 12.7 Å². The van der Waals surface area contributed by atoms with Crippen molar-refractivity contribution >= 4 is 22.9 Å². The molecule has 0 unspecified atom stereocenters. The molecule has 168 valence electrons. The Balaban J connectivity index is 1.39. The van der Waals surface area contributed by atoms with Gasteiger partial charge in [-0.3, -0.25) is 4.79 Å². The van der Waals surface area contributed by atoms with Gasteiger partial charge in [-0.2, -0.15) is 0 Å². The fraction of sp³-hybridized carbons (Fsp3) is 0.167. The highest BCUT2D eigenvalue weighted by Gasteiger charge is 2.21. The highest BCUT2D eigenvalue weighted by Crippen LogP contribution is 2.32. The lowest BCUT2D eigenvalue weighted by Gasteiger charge is -2.10. The third-order valence-corrected chi connectivity index (χ3v) is 5.49. The predicted octanol–water partition coefficient (Wildman–Crippen LogP) is 3.40. The summed E-state index contributed by atoms with van der Waals surface area (Å²) in [6, 6.07) is 14.9. The van der Waals surface area contributed by atoms with Crippen molar-refractivity contribution in [3.05, 3.63) is 77.9 Å². The lowest BCUT2D eigenvalue weighted by atomic mass is 10.2. The number of carbonyl (C=O) groups excluding carboxylic acids is 2. The molecule has 5 rings (SSSR count). The highest BCUT2D eigenvalue weighted by molar-refractivity contribution is 5.96. The predicted molar refractivity (Wildman–Crippen MR) is 117 cm³/mol. The van der Waals surface area contributed by atoms with Crippen molar-refractivity contribution in [2.24, 2.45) is 0 Å². The number of rotatable bonds is 6. The van der Waals surface area contributed by atoms with Crippen molar-refractivity contribution in [2.45, 2.75) is 13.1 Å². The Morgan fingerprint density at radius 3 is 2.61 bits per heavy atom. The van der Waals surface area contributed by atoms with Crippen LogP contribution in [0.25, 0.3) is 16.7 Å². The minimum Gasteiger partial charge on any atom is -0.464 e. The van der Waals surface area contributed by atoms with Gasteiger partial charge in [0.15, 0.2) is 11.5 Å². The molecule has 8 nitrogen and oxygen atoms in total. The van der Waals surface area contributed by atoms with E-state index in [0.717, 1.165) is 11.3 Å². The van der Waals surface area contributed by atoms with Crippen LogP contribution < -0.4 is 14.8 Å². The first-order valence-electron chi connectivity index (χ1n) is 10.2. The SMILES string of the molecule is COC(=O)c1cc2c(ccn2-c2ccc(F)cc2)n1CC(=O)NCc1ccc2c(c1)OCO2. The molecular formula is C24H20FN3O5. The van der Waals surface area contributed by atoms with Gasteiger partial charge < -0.3 is 28.7 Å². The molecule has 0 atom stereocenters. The first-order valence-corrected chi connectivity index (χ1v) is 10.2. The van der Waals surface area contributed by atoms with Crippen molar-refractivity contribution in [1.29, 1.82) is 0 Å². The van der Waals surface area contributed by atoms with Crippen molar-refractivity contribution in [3.63, 3.8) is 0 Å². The van der Waals surface area contributed by atoms with E-state index in [1.165, 1.54) is 19.2 Å². The van der Waals surface area contributed by atoms with E-state index in [4.69, 9.17) is 14.2 Å². The summed E-state index contributed by atoms with van der Waals surface area (Å²) >= 11 is 0. The maximum Gasteiger partial charge on any atom is 0.354 e. The zero-order valence-electron chi connectivity index (χ0n) is 17.7. The number of fused-ring (bicyclic) bond motifs is 2. The van der Waals surface area contributed by atoms with Gasteiger partial charge in [-0.1, -0.05) is 6.07 Å². The third-order valence-electron chi connectivity index (χ3n) is 5.49. The average molecular weight is 449 g/mol. The van der Waals surface area contributed by atoms with Crippen LogP contribution in [0.1, 0.15) is 16.1 Å². The van der Waals surface area contributed by atoms with Crippen LogP contribution in [0.4, 0.5) is 4.39 Å². The molecule has 0 saturated carbocycles. The molecule has 1 amide bonds. The number of amides is 1. The van der Waals surface area contributed by atoms with Gasteiger partial charge in [0.25, 0.3) is 0 Å². The van der Waals surface area contributed by atoms with Gasteiger partial charge in [0.1, 0.15) is 18.1 Å². The Labute approximate surface area is 188 Å². The van der Waals surface area contributed by atoms with E-state index in [-0.39, 0.29) is 30.8 Å². The molecule has 1 N–H and O–H groups in total. The molecule has 0 saturated heterocycles. The molecule has 9 heteroatoms. The lowest BCUT2D eigenvalue weighted by Crippen LogP contribution is -2.28. The Morgan fingerprint density at radius 1 is 1.03 bits per heavy atom. The van der Waals surface area contributed by atoms with Crippen LogP contribution >= 0.6 is 0 Å². The van der Waals surface area contributed by atoms with Gasteiger partial charge >= 0.3 is 5.97 Å². The minimum absolute atomic E-state index is 0.0775. The van der Waals surface area contributed by atoms with Crippen LogP contribution in [0.5, 0.6) is 11.5 Å². The number of methoxy groups -OCH3 is 1. The molecule has 2 aromatic heterocycles. The molecular weight excluding hydrogens is 429 g/mol. The Kier molecular flexibility index (Phi) is 5.21. The molecule has 2 aromatic carbocycles. The molecule has 3 heterocycles. The molecule has 1 aliphatic heterocycles. The lowest BCUT2D eigenvalue weighted by molar-refractivity contribution is -0.121. The zero-order chi connectivity index (χ0) is 22.9. The summed E-state index contributed by atoms with van der Waals surface area (Å²) in [6.45, 7) is 0.401. The Bertz CT molecular complexity index is 1360. The summed E-state index contributed by atoms with van der Waals surface area (Å²) in [5, 5.41) is 2.87. The Morgan fingerprint density at radius 2 is 1.82 bits per heavy atom. The molecule has 1 aliphatic rings. The summed E-state index contributed by atoms with van der Waals surface area (Å²) in [5.74, 6) is 0.150. The second kappa shape index (κ2) is 8.34. The zero-order valence-corrected chi connectivity index (χ0v) is 17.7. The Hall–Kier alpha value is -4.27. The number of benzene rings is 2. The van der Waals surface area contributed by atoms with E-state index in [0.29, 0.717) is 29.1 Å². The number of nitrogens with one attached hydrogen (secondary N) is 1.